The smallest absolute Gasteiger partial charge is 0.340 e. The molecule has 2 aromatic rings. The molecule has 168 valence electrons. The van der Waals surface area contributed by atoms with Crippen LogP contribution in [0, 0.1) is 6.92 Å². The fraction of sp³-hybridized carbons (Fsp3) is 0.409. The van der Waals surface area contributed by atoms with Gasteiger partial charge in [-0.2, -0.15) is 13.2 Å². The van der Waals surface area contributed by atoms with Crippen molar-refractivity contribution in [3.8, 4) is 0 Å². The van der Waals surface area contributed by atoms with E-state index >= 15 is 0 Å². The molecule has 9 heteroatoms. The summed E-state index contributed by atoms with van der Waals surface area (Å²) in [7, 11) is -3.51. The predicted molar refractivity (Wildman–Crippen MR) is 111 cm³/mol. The highest BCUT2D eigenvalue weighted by Gasteiger charge is 2.30. The lowest BCUT2D eigenvalue weighted by molar-refractivity contribution is -0.137. The van der Waals surface area contributed by atoms with Gasteiger partial charge in [-0.05, 0) is 36.8 Å². The molecule has 0 unspecified atom stereocenters. The number of halogens is 3. The number of hydrogen-bond acceptors (Lipinski definition) is 4. The van der Waals surface area contributed by atoms with Gasteiger partial charge in [0.05, 0.1) is 16.2 Å². The number of sulfone groups is 1. The van der Waals surface area contributed by atoms with E-state index < -0.39 is 21.6 Å². The van der Waals surface area contributed by atoms with E-state index in [4.69, 9.17) is 0 Å². The molecule has 1 aliphatic heterocycles. The Morgan fingerprint density at radius 3 is 2.06 bits per heavy atom. The van der Waals surface area contributed by atoms with Crippen molar-refractivity contribution >= 4 is 15.7 Å². The second-order valence-corrected chi connectivity index (χ2v) is 9.84. The van der Waals surface area contributed by atoms with Crippen molar-refractivity contribution in [1.82, 2.24) is 9.80 Å². The van der Waals surface area contributed by atoms with Crippen LogP contribution < -0.4 is 0 Å². The molecule has 1 heterocycles. The molecule has 0 atom stereocenters. The first-order valence-electron chi connectivity index (χ1n) is 10.0. The van der Waals surface area contributed by atoms with E-state index in [0.717, 1.165) is 23.3 Å². The Kier molecular flexibility index (Phi) is 7.06. The van der Waals surface area contributed by atoms with Crippen LogP contribution in [0.3, 0.4) is 0 Å². The standard InChI is InChI=1S/C22H25F3N2O3S/c1-17-2-8-20(9-3-17)31(29,30)15-10-21(28)27-13-11-26(12-14-27)16-18-4-6-19(7-5-18)22(23,24)25/h2-9H,10-16H2,1H3. The maximum atomic E-state index is 12.7. The molecule has 0 spiro atoms. The zero-order valence-corrected chi connectivity index (χ0v) is 18.0. The third-order valence-corrected chi connectivity index (χ3v) is 7.11. The van der Waals surface area contributed by atoms with Crippen LogP contribution in [0.1, 0.15) is 23.1 Å². The second kappa shape index (κ2) is 9.40. The normalized spacial score (nSPS) is 15.8. The average molecular weight is 455 g/mol. The third-order valence-electron chi connectivity index (χ3n) is 5.38. The van der Waals surface area contributed by atoms with E-state index in [1.165, 1.54) is 12.1 Å². The number of hydrogen-bond donors (Lipinski definition) is 0. The van der Waals surface area contributed by atoms with Crippen molar-refractivity contribution in [1.29, 1.82) is 0 Å². The number of benzene rings is 2. The molecule has 0 aromatic heterocycles. The molecule has 0 aliphatic carbocycles. The molecule has 5 nitrogen and oxygen atoms in total. The lowest BCUT2D eigenvalue weighted by Gasteiger charge is -2.34. The molecular formula is C22H25F3N2O3S. The Hall–Kier alpha value is -2.39. The SMILES string of the molecule is Cc1ccc(S(=O)(=O)CCC(=O)N2CCN(Cc3ccc(C(F)(F)F)cc3)CC2)cc1. The number of alkyl halides is 3. The minimum absolute atomic E-state index is 0.0743. The van der Waals surface area contributed by atoms with Gasteiger partial charge in [-0.1, -0.05) is 29.8 Å². The number of rotatable bonds is 6. The highest BCUT2D eigenvalue weighted by atomic mass is 32.2. The van der Waals surface area contributed by atoms with E-state index in [1.807, 2.05) is 6.92 Å². The summed E-state index contributed by atoms with van der Waals surface area (Å²) < 4.78 is 62.8. The lowest BCUT2D eigenvalue weighted by atomic mass is 10.1. The van der Waals surface area contributed by atoms with Gasteiger partial charge in [0.1, 0.15) is 0 Å². The Labute approximate surface area is 180 Å². The van der Waals surface area contributed by atoms with Gasteiger partial charge in [0.2, 0.25) is 5.91 Å². The van der Waals surface area contributed by atoms with Gasteiger partial charge in [-0.15, -0.1) is 0 Å². The Morgan fingerprint density at radius 1 is 0.935 bits per heavy atom. The summed E-state index contributed by atoms with van der Waals surface area (Å²) in [6.07, 6.45) is -4.42. The minimum atomic E-state index is -4.35. The van der Waals surface area contributed by atoms with Crippen LogP contribution in [0.4, 0.5) is 13.2 Å². The summed E-state index contributed by atoms with van der Waals surface area (Å²) in [4.78, 5) is 16.4. The molecule has 0 N–H and O–H groups in total. The topological polar surface area (TPSA) is 57.7 Å². The van der Waals surface area contributed by atoms with Crippen molar-refractivity contribution in [3.05, 3.63) is 65.2 Å². The highest BCUT2D eigenvalue weighted by Crippen LogP contribution is 2.29. The molecule has 1 aliphatic rings. The fourth-order valence-corrected chi connectivity index (χ4v) is 4.69. The molecule has 0 bridgehead atoms. The van der Waals surface area contributed by atoms with Crippen LogP contribution >= 0.6 is 0 Å². The zero-order chi connectivity index (χ0) is 22.6. The summed E-state index contributed by atoms with van der Waals surface area (Å²) in [5.41, 5.74) is 1.06. The van der Waals surface area contributed by atoms with Crippen molar-refractivity contribution in [2.24, 2.45) is 0 Å². The molecular weight excluding hydrogens is 429 g/mol. The summed E-state index contributed by atoms with van der Waals surface area (Å²) in [6, 6.07) is 11.6. The van der Waals surface area contributed by atoms with Gasteiger partial charge in [-0.25, -0.2) is 8.42 Å². The quantitative estimate of drug-likeness (QED) is 0.670. The number of carbonyl (C=O) groups excluding carboxylic acids is 1. The number of amides is 1. The van der Waals surface area contributed by atoms with Crippen LogP contribution in [0.25, 0.3) is 0 Å². The summed E-state index contributed by atoms with van der Waals surface area (Å²) >= 11 is 0. The molecule has 1 fully saturated rings. The molecule has 31 heavy (non-hydrogen) atoms. The van der Waals surface area contributed by atoms with Gasteiger partial charge in [0.15, 0.2) is 9.84 Å². The third kappa shape index (κ3) is 6.30. The van der Waals surface area contributed by atoms with Gasteiger partial charge >= 0.3 is 6.18 Å². The monoisotopic (exact) mass is 454 g/mol. The first-order valence-corrected chi connectivity index (χ1v) is 11.7. The number of nitrogens with zero attached hydrogens (tertiary/aromatic N) is 2. The lowest BCUT2D eigenvalue weighted by Crippen LogP contribution is -2.48. The summed E-state index contributed by atoms with van der Waals surface area (Å²) in [5.74, 6) is -0.439. The summed E-state index contributed by atoms with van der Waals surface area (Å²) in [6.45, 7) is 4.46. The van der Waals surface area contributed by atoms with Crippen molar-refractivity contribution in [2.45, 2.75) is 31.0 Å². The van der Waals surface area contributed by atoms with Crippen LogP contribution in [-0.4, -0.2) is 56.1 Å². The van der Waals surface area contributed by atoms with Crippen LogP contribution in [-0.2, 0) is 27.4 Å². The van der Waals surface area contributed by atoms with Crippen LogP contribution in [0.15, 0.2) is 53.4 Å². The number of carbonyl (C=O) groups is 1. The van der Waals surface area contributed by atoms with E-state index in [-0.39, 0.29) is 23.0 Å². The summed E-state index contributed by atoms with van der Waals surface area (Å²) in [5, 5.41) is 0. The Balaban J connectivity index is 1.47. The van der Waals surface area contributed by atoms with Gasteiger partial charge in [0.25, 0.3) is 0 Å². The Morgan fingerprint density at radius 2 is 1.52 bits per heavy atom. The largest absolute Gasteiger partial charge is 0.416 e. The van der Waals surface area contributed by atoms with E-state index in [2.05, 4.69) is 4.90 Å². The molecule has 1 amide bonds. The highest BCUT2D eigenvalue weighted by molar-refractivity contribution is 7.91. The molecule has 0 radical (unpaired) electrons. The van der Waals surface area contributed by atoms with Crippen molar-refractivity contribution in [2.75, 3.05) is 31.9 Å². The Bertz CT molecular complexity index is 996. The number of piperazine rings is 1. The van der Waals surface area contributed by atoms with E-state index in [9.17, 15) is 26.4 Å². The van der Waals surface area contributed by atoms with Gasteiger partial charge in [-0.3, -0.25) is 9.69 Å². The fourth-order valence-electron chi connectivity index (χ4n) is 3.46. The van der Waals surface area contributed by atoms with Crippen LogP contribution in [0.5, 0.6) is 0 Å². The molecule has 0 saturated carbocycles. The van der Waals surface area contributed by atoms with E-state index in [1.54, 1.807) is 29.2 Å². The maximum absolute atomic E-state index is 12.7. The zero-order valence-electron chi connectivity index (χ0n) is 17.2. The average Bonchev–Trinajstić information content (AvgIpc) is 2.73. The van der Waals surface area contributed by atoms with Crippen molar-refractivity contribution < 1.29 is 26.4 Å². The van der Waals surface area contributed by atoms with Gasteiger partial charge in [0, 0.05) is 39.1 Å². The predicted octanol–water partition coefficient (Wildman–Crippen LogP) is 3.52. The maximum Gasteiger partial charge on any atom is 0.416 e. The minimum Gasteiger partial charge on any atom is -0.340 e. The van der Waals surface area contributed by atoms with Gasteiger partial charge < -0.3 is 4.90 Å². The van der Waals surface area contributed by atoms with Crippen molar-refractivity contribution in [3.63, 3.8) is 0 Å². The number of aryl methyl sites for hydroxylation is 1. The second-order valence-electron chi connectivity index (χ2n) is 7.73. The molecule has 3 rings (SSSR count). The van der Waals surface area contributed by atoms with Crippen LogP contribution in [0.2, 0.25) is 0 Å². The first kappa shape index (κ1) is 23.3. The molecule has 2 aromatic carbocycles. The van der Waals surface area contributed by atoms with E-state index in [0.29, 0.717) is 32.7 Å². The first-order chi connectivity index (χ1) is 14.5. The molecule has 1 saturated heterocycles.